The van der Waals surface area contributed by atoms with Gasteiger partial charge in [0.1, 0.15) is 6.54 Å². The Morgan fingerprint density at radius 3 is 2.40 bits per heavy atom. The van der Waals surface area contributed by atoms with E-state index in [1.807, 2.05) is 6.07 Å². The number of pyridine rings is 1. The van der Waals surface area contributed by atoms with Gasteiger partial charge in [-0.15, -0.1) is 0 Å². The predicted molar refractivity (Wildman–Crippen MR) is 89.4 cm³/mol. The smallest absolute Gasteiger partial charge is 0.242 e. The Morgan fingerprint density at radius 2 is 1.88 bits per heavy atom. The van der Waals surface area contributed by atoms with Crippen LogP contribution in [0.1, 0.15) is 31.2 Å². The molecule has 3 rings (SSSR count). The zero-order valence-electron chi connectivity index (χ0n) is 14.6. The van der Waals surface area contributed by atoms with Gasteiger partial charge in [0, 0.05) is 25.9 Å². The summed E-state index contributed by atoms with van der Waals surface area (Å²) >= 11 is 0. The lowest BCUT2D eigenvalue weighted by Crippen LogP contribution is -2.41. The number of methoxy groups -OCH3 is 1. The Labute approximate surface area is 147 Å². The van der Waals surface area contributed by atoms with Crippen molar-refractivity contribution in [1.29, 1.82) is 0 Å². The van der Waals surface area contributed by atoms with E-state index in [0.717, 1.165) is 36.1 Å². The van der Waals surface area contributed by atoms with Crippen LogP contribution in [0.4, 0.5) is 0 Å². The fourth-order valence-electron chi connectivity index (χ4n) is 3.63. The highest BCUT2D eigenvalue weighted by molar-refractivity contribution is 6.07. The maximum atomic E-state index is 12.5. The minimum absolute atomic E-state index is 0.176. The zero-order chi connectivity index (χ0) is 18.0. The maximum Gasteiger partial charge on any atom is 0.242 e. The first-order chi connectivity index (χ1) is 12.0. The Balaban J connectivity index is 1.60. The molecule has 7 heteroatoms. The average Bonchev–Trinajstić information content (AvgIpc) is 2.87. The second-order valence-electron chi connectivity index (χ2n) is 6.72. The van der Waals surface area contributed by atoms with E-state index in [0.29, 0.717) is 12.4 Å². The number of carbonyl (C=O) groups excluding carboxylic acids is 3. The molecule has 2 heterocycles. The van der Waals surface area contributed by atoms with Gasteiger partial charge in [0.2, 0.25) is 23.6 Å². The molecule has 25 heavy (non-hydrogen) atoms. The van der Waals surface area contributed by atoms with Crippen LogP contribution in [0.5, 0.6) is 5.88 Å². The Kier molecular flexibility index (Phi) is 5.01. The van der Waals surface area contributed by atoms with Crippen molar-refractivity contribution < 1.29 is 19.1 Å². The molecule has 1 aliphatic heterocycles. The van der Waals surface area contributed by atoms with Crippen molar-refractivity contribution in [1.82, 2.24) is 14.8 Å². The van der Waals surface area contributed by atoms with E-state index in [9.17, 15) is 14.4 Å². The summed E-state index contributed by atoms with van der Waals surface area (Å²) in [6, 6.07) is 3.56. The van der Waals surface area contributed by atoms with Gasteiger partial charge in [0.25, 0.3) is 0 Å². The van der Waals surface area contributed by atoms with Gasteiger partial charge in [0.05, 0.1) is 18.9 Å². The van der Waals surface area contributed by atoms with Crippen molar-refractivity contribution in [3.63, 3.8) is 0 Å². The maximum absolute atomic E-state index is 12.5. The van der Waals surface area contributed by atoms with Crippen molar-refractivity contribution in [3.8, 4) is 5.88 Å². The molecule has 0 N–H and O–H groups in total. The van der Waals surface area contributed by atoms with Crippen molar-refractivity contribution in [2.75, 3.05) is 20.7 Å². The first-order valence-electron chi connectivity index (χ1n) is 8.59. The number of ether oxygens (including phenoxy) is 1. The molecule has 7 nitrogen and oxygen atoms in total. The molecule has 1 saturated carbocycles. The average molecular weight is 345 g/mol. The topological polar surface area (TPSA) is 79.8 Å². The quantitative estimate of drug-likeness (QED) is 0.750. The number of likely N-dealkylation sites (tertiary alicyclic amines) is 1. The highest BCUT2D eigenvalue weighted by Crippen LogP contribution is 2.37. The summed E-state index contributed by atoms with van der Waals surface area (Å²) in [6.07, 6.45) is 5.11. The van der Waals surface area contributed by atoms with Gasteiger partial charge in [-0.25, -0.2) is 4.98 Å². The molecule has 0 aromatic carbocycles. The van der Waals surface area contributed by atoms with Crippen molar-refractivity contribution in [2.24, 2.45) is 11.8 Å². The summed E-state index contributed by atoms with van der Waals surface area (Å²) in [7, 11) is 3.20. The summed E-state index contributed by atoms with van der Waals surface area (Å²) in [6.45, 7) is 0.184. The molecular weight excluding hydrogens is 322 g/mol. The molecular formula is C18H23N3O4. The molecule has 1 saturated heterocycles. The number of rotatable bonds is 5. The van der Waals surface area contributed by atoms with Crippen LogP contribution in [0.15, 0.2) is 18.3 Å². The lowest BCUT2D eigenvalue weighted by molar-refractivity contribution is -0.146. The SMILES string of the molecule is COc1ccc(CN(C)C(=O)CN2C(=O)C3CCCCC3C2=O)cn1. The first kappa shape index (κ1) is 17.4. The number of fused-ring (bicyclic) bond motifs is 1. The predicted octanol–water partition coefficient (Wildman–Crippen LogP) is 1.22. The summed E-state index contributed by atoms with van der Waals surface area (Å²) in [4.78, 5) is 44.1. The largest absolute Gasteiger partial charge is 0.481 e. The third-order valence-corrected chi connectivity index (χ3v) is 5.08. The van der Waals surface area contributed by atoms with Crippen LogP contribution in [0.25, 0.3) is 0 Å². The Hall–Kier alpha value is -2.44. The molecule has 1 aromatic heterocycles. The third kappa shape index (κ3) is 3.50. The molecule has 2 unspecified atom stereocenters. The summed E-state index contributed by atoms with van der Waals surface area (Å²) in [5, 5.41) is 0. The van der Waals surface area contributed by atoms with Crippen molar-refractivity contribution >= 4 is 17.7 Å². The van der Waals surface area contributed by atoms with Crippen molar-refractivity contribution in [2.45, 2.75) is 32.2 Å². The van der Waals surface area contributed by atoms with Gasteiger partial charge < -0.3 is 9.64 Å². The number of hydrogen-bond acceptors (Lipinski definition) is 5. The number of nitrogens with zero attached hydrogens (tertiary/aromatic N) is 3. The van der Waals surface area contributed by atoms with Crippen LogP contribution in [-0.2, 0) is 20.9 Å². The molecule has 0 radical (unpaired) electrons. The lowest BCUT2D eigenvalue weighted by Gasteiger charge is -2.21. The van der Waals surface area contributed by atoms with Crippen LogP contribution >= 0.6 is 0 Å². The fraction of sp³-hybridized carbons (Fsp3) is 0.556. The van der Waals surface area contributed by atoms with Gasteiger partial charge in [0.15, 0.2) is 0 Å². The van der Waals surface area contributed by atoms with Gasteiger partial charge in [-0.3, -0.25) is 19.3 Å². The van der Waals surface area contributed by atoms with Crippen molar-refractivity contribution in [3.05, 3.63) is 23.9 Å². The molecule has 1 aromatic rings. The number of likely N-dealkylation sites (N-methyl/N-ethyl adjacent to an activating group) is 1. The summed E-state index contributed by atoms with van der Waals surface area (Å²) < 4.78 is 5.01. The molecule has 0 spiro atoms. The molecule has 2 aliphatic rings. The molecule has 1 aliphatic carbocycles. The van der Waals surface area contributed by atoms with Crippen LogP contribution in [-0.4, -0.2) is 53.2 Å². The van der Waals surface area contributed by atoms with E-state index < -0.39 is 0 Å². The monoisotopic (exact) mass is 345 g/mol. The zero-order valence-corrected chi connectivity index (χ0v) is 14.6. The molecule has 2 atom stereocenters. The van der Waals surface area contributed by atoms with E-state index in [1.54, 1.807) is 26.4 Å². The van der Waals surface area contributed by atoms with Gasteiger partial charge in [-0.1, -0.05) is 18.9 Å². The molecule has 134 valence electrons. The van der Waals surface area contributed by atoms with Crippen LogP contribution in [0.3, 0.4) is 0 Å². The molecule has 0 bridgehead atoms. The lowest BCUT2D eigenvalue weighted by atomic mass is 9.81. The highest BCUT2D eigenvalue weighted by atomic mass is 16.5. The van der Waals surface area contributed by atoms with Gasteiger partial charge in [-0.05, 0) is 18.4 Å². The first-order valence-corrected chi connectivity index (χ1v) is 8.59. The number of hydrogen-bond donors (Lipinski definition) is 0. The van der Waals surface area contributed by atoms with E-state index in [-0.39, 0.29) is 36.1 Å². The molecule has 3 amide bonds. The van der Waals surface area contributed by atoms with E-state index in [4.69, 9.17) is 4.74 Å². The van der Waals surface area contributed by atoms with Crippen LogP contribution in [0, 0.1) is 11.8 Å². The summed E-state index contributed by atoms with van der Waals surface area (Å²) in [5.74, 6) is -0.537. The van der Waals surface area contributed by atoms with E-state index in [1.165, 1.54) is 4.90 Å². The van der Waals surface area contributed by atoms with Crippen LogP contribution in [0.2, 0.25) is 0 Å². The standard InChI is InChI=1S/C18H23N3O4/c1-20(10-12-7-8-15(25-2)19-9-12)16(22)11-21-17(23)13-5-3-4-6-14(13)18(21)24/h7-9,13-14H,3-6,10-11H2,1-2H3. The second-order valence-corrected chi connectivity index (χ2v) is 6.72. The molecule has 2 fully saturated rings. The van der Waals surface area contributed by atoms with Gasteiger partial charge >= 0.3 is 0 Å². The van der Waals surface area contributed by atoms with Gasteiger partial charge in [-0.2, -0.15) is 0 Å². The second kappa shape index (κ2) is 7.21. The number of amides is 3. The minimum atomic E-state index is -0.254. The normalized spacial score (nSPS) is 22.7. The number of carbonyl (C=O) groups is 3. The van der Waals surface area contributed by atoms with E-state index >= 15 is 0 Å². The Bertz CT molecular complexity index is 649. The Morgan fingerprint density at radius 1 is 1.24 bits per heavy atom. The number of imide groups is 1. The third-order valence-electron chi connectivity index (χ3n) is 5.08. The number of aromatic nitrogens is 1. The van der Waals surface area contributed by atoms with Crippen LogP contribution < -0.4 is 4.74 Å². The highest BCUT2D eigenvalue weighted by Gasteiger charge is 2.48. The fourth-order valence-corrected chi connectivity index (χ4v) is 3.63. The minimum Gasteiger partial charge on any atom is -0.481 e. The summed E-state index contributed by atoms with van der Waals surface area (Å²) in [5.41, 5.74) is 0.851. The van der Waals surface area contributed by atoms with E-state index in [2.05, 4.69) is 4.98 Å².